The number of carbonyl (C=O) groups excluding carboxylic acids is 1. The van der Waals surface area contributed by atoms with Gasteiger partial charge in [-0.2, -0.15) is 0 Å². The zero-order valence-electron chi connectivity index (χ0n) is 13.5. The predicted octanol–water partition coefficient (Wildman–Crippen LogP) is 3.10. The van der Waals surface area contributed by atoms with Crippen LogP contribution in [0.5, 0.6) is 0 Å². The maximum Gasteiger partial charge on any atom is 0.317 e. The van der Waals surface area contributed by atoms with Crippen LogP contribution in [-0.2, 0) is 0 Å². The van der Waals surface area contributed by atoms with Crippen molar-refractivity contribution >= 4 is 11.7 Å². The van der Waals surface area contributed by atoms with Crippen LogP contribution in [0.2, 0.25) is 0 Å². The van der Waals surface area contributed by atoms with Crippen LogP contribution in [0.25, 0.3) is 0 Å². The molecule has 2 amide bonds. The molecule has 1 aliphatic heterocycles. The van der Waals surface area contributed by atoms with E-state index in [1.807, 2.05) is 11.0 Å². The molecule has 4 heteroatoms. The molecule has 1 N–H and O–H groups in total. The summed E-state index contributed by atoms with van der Waals surface area (Å²) in [7, 11) is 0. The Kier molecular flexibility index (Phi) is 4.86. The lowest BCUT2D eigenvalue weighted by Crippen LogP contribution is -2.54. The fourth-order valence-corrected chi connectivity index (χ4v) is 3.59. The molecule has 1 heterocycles. The number of para-hydroxylation sites is 1. The van der Waals surface area contributed by atoms with Gasteiger partial charge in [0, 0.05) is 37.9 Å². The first-order valence-electron chi connectivity index (χ1n) is 8.59. The zero-order chi connectivity index (χ0) is 15.4. The lowest BCUT2D eigenvalue weighted by atomic mass is 9.86. The number of urea groups is 1. The van der Waals surface area contributed by atoms with Crippen molar-refractivity contribution in [3.63, 3.8) is 0 Å². The predicted molar refractivity (Wildman–Crippen MR) is 90.2 cm³/mol. The Morgan fingerprint density at radius 2 is 1.73 bits per heavy atom. The summed E-state index contributed by atoms with van der Waals surface area (Å²) < 4.78 is 0. The van der Waals surface area contributed by atoms with Gasteiger partial charge in [0.25, 0.3) is 0 Å². The molecule has 0 spiro atoms. The van der Waals surface area contributed by atoms with Gasteiger partial charge in [0.15, 0.2) is 0 Å². The third-order valence-corrected chi connectivity index (χ3v) is 5.11. The van der Waals surface area contributed by atoms with Crippen LogP contribution >= 0.6 is 0 Å². The van der Waals surface area contributed by atoms with Crippen molar-refractivity contribution < 1.29 is 4.79 Å². The molecule has 2 aliphatic rings. The molecule has 4 nitrogen and oxygen atoms in total. The molecule has 1 saturated carbocycles. The molecule has 0 aromatic heterocycles. The van der Waals surface area contributed by atoms with Crippen LogP contribution in [0.4, 0.5) is 10.5 Å². The second kappa shape index (κ2) is 7.03. The van der Waals surface area contributed by atoms with Gasteiger partial charge in [-0.05, 0) is 30.9 Å². The Labute approximate surface area is 133 Å². The van der Waals surface area contributed by atoms with Crippen molar-refractivity contribution in [2.24, 2.45) is 5.92 Å². The number of piperazine rings is 1. The van der Waals surface area contributed by atoms with Gasteiger partial charge in [-0.3, -0.25) is 0 Å². The van der Waals surface area contributed by atoms with Crippen molar-refractivity contribution in [3.8, 4) is 0 Å². The zero-order valence-corrected chi connectivity index (χ0v) is 13.5. The number of nitrogens with zero attached hydrogens (tertiary/aromatic N) is 2. The molecule has 0 radical (unpaired) electrons. The molecule has 2 fully saturated rings. The van der Waals surface area contributed by atoms with Crippen molar-refractivity contribution in [2.75, 3.05) is 31.1 Å². The third kappa shape index (κ3) is 3.54. The van der Waals surface area contributed by atoms with E-state index < -0.39 is 0 Å². The summed E-state index contributed by atoms with van der Waals surface area (Å²) in [6.07, 6.45) is 4.93. The average molecular weight is 301 g/mol. The van der Waals surface area contributed by atoms with Gasteiger partial charge in [-0.1, -0.05) is 38.0 Å². The summed E-state index contributed by atoms with van der Waals surface area (Å²) >= 11 is 0. The van der Waals surface area contributed by atoms with Crippen LogP contribution in [0.15, 0.2) is 30.3 Å². The van der Waals surface area contributed by atoms with Crippen molar-refractivity contribution in [2.45, 2.75) is 38.6 Å². The van der Waals surface area contributed by atoms with Crippen molar-refractivity contribution in [3.05, 3.63) is 30.3 Å². The summed E-state index contributed by atoms with van der Waals surface area (Å²) in [6.45, 7) is 5.70. The Morgan fingerprint density at radius 3 is 2.41 bits per heavy atom. The first-order chi connectivity index (χ1) is 10.7. The van der Waals surface area contributed by atoms with E-state index in [4.69, 9.17) is 0 Å². The molecule has 1 aromatic rings. The quantitative estimate of drug-likeness (QED) is 0.911. The topological polar surface area (TPSA) is 35.6 Å². The minimum absolute atomic E-state index is 0.131. The number of benzene rings is 1. The fourth-order valence-electron chi connectivity index (χ4n) is 3.59. The Morgan fingerprint density at radius 1 is 1.05 bits per heavy atom. The number of rotatable bonds is 2. The number of anilines is 1. The normalized spacial score (nSPS) is 25.9. The van der Waals surface area contributed by atoms with E-state index in [1.165, 1.54) is 24.9 Å². The highest BCUT2D eigenvalue weighted by molar-refractivity contribution is 5.75. The largest absolute Gasteiger partial charge is 0.368 e. The SMILES string of the molecule is C[C@H]1CCCC[C@@H]1NC(=O)N1CCN(c2ccccc2)CC1. The first kappa shape index (κ1) is 15.2. The van der Waals surface area contributed by atoms with E-state index >= 15 is 0 Å². The Hall–Kier alpha value is -1.71. The molecule has 1 saturated heterocycles. The maximum atomic E-state index is 12.5. The van der Waals surface area contributed by atoms with E-state index in [2.05, 4.69) is 41.4 Å². The summed E-state index contributed by atoms with van der Waals surface area (Å²) in [5.74, 6) is 0.614. The average Bonchev–Trinajstić information content (AvgIpc) is 2.58. The molecule has 120 valence electrons. The maximum absolute atomic E-state index is 12.5. The molecule has 1 aliphatic carbocycles. The van der Waals surface area contributed by atoms with Gasteiger partial charge in [0.2, 0.25) is 0 Å². The summed E-state index contributed by atoms with van der Waals surface area (Å²) in [4.78, 5) is 16.8. The lowest BCUT2D eigenvalue weighted by Gasteiger charge is -2.38. The number of hydrogen-bond donors (Lipinski definition) is 1. The molecule has 1 aromatic carbocycles. The van der Waals surface area contributed by atoms with Crippen LogP contribution in [0.1, 0.15) is 32.6 Å². The lowest BCUT2D eigenvalue weighted by molar-refractivity contribution is 0.179. The molecular weight excluding hydrogens is 274 g/mol. The van der Waals surface area contributed by atoms with Crippen LogP contribution in [0, 0.1) is 5.92 Å². The minimum Gasteiger partial charge on any atom is -0.368 e. The highest BCUT2D eigenvalue weighted by atomic mass is 16.2. The second-order valence-electron chi connectivity index (χ2n) is 6.63. The molecule has 0 unspecified atom stereocenters. The van der Waals surface area contributed by atoms with E-state index in [0.29, 0.717) is 12.0 Å². The molecule has 2 atom stereocenters. The van der Waals surface area contributed by atoms with Gasteiger partial charge >= 0.3 is 6.03 Å². The first-order valence-corrected chi connectivity index (χ1v) is 8.59. The highest BCUT2D eigenvalue weighted by Crippen LogP contribution is 2.24. The number of nitrogens with one attached hydrogen (secondary N) is 1. The van der Waals surface area contributed by atoms with Crippen molar-refractivity contribution in [1.82, 2.24) is 10.2 Å². The van der Waals surface area contributed by atoms with E-state index in [-0.39, 0.29) is 6.03 Å². The Bertz CT molecular complexity index is 482. The van der Waals surface area contributed by atoms with E-state index in [1.54, 1.807) is 0 Å². The summed E-state index contributed by atoms with van der Waals surface area (Å²) in [5, 5.41) is 3.26. The number of hydrogen-bond acceptors (Lipinski definition) is 2. The summed E-state index contributed by atoms with van der Waals surface area (Å²) in [6, 6.07) is 11.0. The smallest absolute Gasteiger partial charge is 0.317 e. The standard InChI is InChI=1S/C18H27N3O/c1-15-7-5-6-10-17(15)19-18(22)21-13-11-20(12-14-21)16-8-3-2-4-9-16/h2-4,8-9,15,17H,5-7,10-14H2,1H3,(H,19,22)/t15-,17-/m0/s1. The number of carbonyl (C=O) groups is 1. The molecule has 3 rings (SSSR count). The van der Waals surface area contributed by atoms with E-state index in [9.17, 15) is 4.79 Å². The van der Waals surface area contributed by atoms with Crippen LogP contribution in [-0.4, -0.2) is 43.2 Å². The second-order valence-corrected chi connectivity index (χ2v) is 6.63. The van der Waals surface area contributed by atoms with Gasteiger partial charge < -0.3 is 15.1 Å². The summed E-state index contributed by atoms with van der Waals surface area (Å²) in [5.41, 5.74) is 1.25. The number of amides is 2. The third-order valence-electron chi connectivity index (χ3n) is 5.11. The fraction of sp³-hybridized carbons (Fsp3) is 0.611. The molecular formula is C18H27N3O. The van der Waals surface area contributed by atoms with Gasteiger partial charge in [-0.25, -0.2) is 4.79 Å². The van der Waals surface area contributed by atoms with Gasteiger partial charge in [-0.15, -0.1) is 0 Å². The van der Waals surface area contributed by atoms with E-state index in [0.717, 1.165) is 32.6 Å². The monoisotopic (exact) mass is 301 g/mol. The minimum atomic E-state index is 0.131. The molecule has 0 bridgehead atoms. The van der Waals surface area contributed by atoms with Crippen LogP contribution < -0.4 is 10.2 Å². The van der Waals surface area contributed by atoms with Crippen LogP contribution in [0.3, 0.4) is 0 Å². The highest BCUT2D eigenvalue weighted by Gasteiger charge is 2.26. The Balaban J connectivity index is 1.49. The van der Waals surface area contributed by atoms with Gasteiger partial charge in [0.1, 0.15) is 0 Å². The van der Waals surface area contributed by atoms with Crippen molar-refractivity contribution in [1.29, 1.82) is 0 Å². The van der Waals surface area contributed by atoms with Gasteiger partial charge in [0.05, 0.1) is 0 Å². The molecule has 22 heavy (non-hydrogen) atoms.